The minimum Gasteiger partial charge on any atom is -0.481 e. The number of fused-ring (bicyclic) bond motifs is 1. The maximum absolute atomic E-state index is 12.2. The Morgan fingerprint density at radius 3 is 2.61 bits per heavy atom. The van der Waals surface area contributed by atoms with E-state index in [-0.39, 0.29) is 11.5 Å². The zero-order valence-electron chi connectivity index (χ0n) is 9.84. The van der Waals surface area contributed by atoms with Crippen molar-refractivity contribution in [2.45, 2.75) is 6.92 Å². The van der Waals surface area contributed by atoms with Crippen molar-refractivity contribution in [3.05, 3.63) is 52.4 Å². The largest absolute Gasteiger partial charge is 0.481 e. The summed E-state index contributed by atoms with van der Waals surface area (Å²) < 4.78 is 0. The first kappa shape index (κ1) is 12.6. The molecule has 0 saturated heterocycles. The molecular formula is C14H12O3S. The molecule has 92 valence electrons. The number of hydrogen-bond acceptors (Lipinski definition) is 3. The highest BCUT2D eigenvalue weighted by atomic mass is 32.2. The van der Waals surface area contributed by atoms with Crippen LogP contribution >= 0.6 is 11.8 Å². The molecule has 1 aliphatic carbocycles. The molecule has 1 aliphatic rings. The minimum absolute atomic E-state index is 0.0950. The number of thioether (sulfide) groups is 1. The molecule has 0 saturated carbocycles. The molecule has 0 heterocycles. The molecule has 0 atom stereocenters. The van der Waals surface area contributed by atoms with Crippen molar-refractivity contribution < 1.29 is 14.7 Å². The molecule has 0 aliphatic heterocycles. The fraction of sp³-hybridized carbons (Fsp3) is 0.143. The number of carboxylic acid groups (broad SMARTS) is 1. The lowest BCUT2D eigenvalue weighted by atomic mass is 9.91. The van der Waals surface area contributed by atoms with E-state index < -0.39 is 5.97 Å². The summed E-state index contributed by atoms with van der Waals surface area (Å²) in [5.41, 5.74) is 2.50. The van der Waals surface area contributed by atoms with Gasteiger partial charge in [-0.15, -0.1) is 11.8 Å². The van der Waals surface area contributed by atoms with E-state index in [9.17, 15) is 9.59 Å². The number of aliphatic carboxylic acids is 1. The van der Waals surface area contributed by atoms with Crippen molar-refractivity contribution >= 4 is 29.1 Å². The molecule has 1 aromatic rings. The van der Waals surface area contributed by atoms with Gasteiger partial charge < -0.3 is 5.11 Å². The van der Waals surface area contributed by atoms with Gasteiger partial charge in [-0.25, -0.2) is 0 Å². The van der Waals surface area contributed by atoms with E-state index in [0.29, 0.717) is 10.5 Å². The van der Waals surface area contributed by atoms with Crippen LogP contribution in [0.5, 0.6) is 0 Å². The van der Waals surface area contributed by atoms with E-state index in [4.69, 9.17) is 5.11 Å². The van der Waals surface area contributed by atoms with Crippen molar-refractivity contribution in [3.63, 3.8) is 0 Å². The van der Waals surface area contributed by atoms with Gasteiger partial charge >= 0.3 is 5.97 Å². The van der Waals surface area contributed by atoms with Crippen molar-refractivity contribution in [2.24, 2.45) is 0 Å². The number of carbonyl (C=O) groups is 2. The van der Waals surface area contributed by atoms with Crippen LogP contribution in [-0.4, -0.2) is 22.6 Å². The Hall–Kier alpha value is -1.81. The van der Waals surface area contributed by atoms with E-state index in [1.807, 2.05) is 31.2 Å². The summed E-state index contributed by atoms with van der Waals surface area (Å²) in [5.74, 6) is -1.12. The number of benzene rings is 1. The van der Waals surface area contributed by atoms with Crippen molar-refractivity contribution in [1.29, 1.82) is 0 Å². The van der Waals surface area contributed by atoms with E-state index in [2.05, 4.69) is 0 Å². The molecule has 0 unspecified atom stereocenters. The summed E-state index contributed by atoms with van der Waals surface area (Å²) in [5, 5.41) is 8.67. The normalized spacial score (nSPS) is 16.4. The molecule has 0 spiro atoms. The number of rotatable bonds is 3. The van der Waals surface area contributed by atoms with Gasteiger partial charge in [0.15, 0.2) is 5.78 Å². The first-order chi connectivity index (χ1) is 8.63. The molecule has 3 nitrogen and oxygen atoms in total. The molecule has 0 bridgehead atoms. The van der Waals surface area contributed by atoms with Crippen LogP contribution < -0.4 is 0 Å². The van der Waals surface area contributed by atoms with Crippen molar-refractivity contribution in [2.75, 3.05) is 5.75 Å². The molecule has 0 aromatic heterocycles. The summed E-state index contributed by atoms with van der Waals surface area (Å²) in [6, 6.07) is 7.38. The maximum atomic E-state index is 12.2. The molecule has 1 N–H and O–H groups in total. The van der Waals surface area contributed by atoms with Gasteiger partial charge in [-0.3, -0.25) is 9.59 Å². The summed E-state index contributed by atoms with van der Waals surface area (Å²) in [7, 11) is 0. The lowest BCUT2D eigenvalue weighted by Crippen LogP contribution is -2.11. The Balaban J connectivity index is 2.39. The quantitative estimate of drug-likeness (QED) is 0.907. The van der Waals surface area contributed by atoms with Gasteiger partial charge in [0.25, 0.3) is 0 Å². The number of Topliss-reactive ketones (excluding diaryl/α,β-unsaturated/α-hetero) is 1. The summed E-state index contributed by atoms with van der Waals surface area (Å²) in [6.45, 7) is 1.90. The molecule has 4 heteroatoms. The molecular weight excluding hydrogens is 248 g/mol. The highest BCUT2D eigenvalue weighted by Crippen LogP contribution is 2.33. The van der Waals surface area contributed by atoms with Crippen LogP contribution in [0.4, 0.5) is 0 Å². The minimum atomic E-state index is -0.922. The molecule has 0 radical (unpaired) electrons. The predicted octanol–water partition coefficient (Wildman–Crippen LogP) is 2.99. The van der Waals surface area contributed by atoms with Gasteiger partial charge in [-0.1, -0.05) is 30.3 Å². The third-order valence-corrected chi connectivity index (χ3v) is 3.66. The SMILES string of the molecule is CC=C1C=C(SCC(=O)O)C(=O)c2ccccc21. The Bertz CT molecular complexity index is 570. The molecule has 0 fully saturated rings. The average molecular weight is 260 g/mol. The Labute approximate surface area is 109 Å². The fourth-order valence-corrected chi connectivity index (χ4v) is 2.57. The number of ketones is 1. The summed E-state index contributed by atoms with van der Waals surface area (Å²) in [6.07, 6.45) is 3.69. The van der Waals surface area contributed by atoms with Gasteiger partial charge in [-0.05, 0) is 24.1 Å². The smallest absolute Gasteiger partial charge is 0.313 e. The molecule has 2 rings (SSSR count). The number of carbonyl (C=O) groups excluding carboxylic acids is 1. The van der Waals surface area contributed by atoms with Crippen molar-refractivity contribution in [1.82, 2.24) is 0 Å². The van der Waals surface area contributed by atoms with Gasteiger partial charge in [-0.2, -0.15) is 0 Å². The third-order valence-electron chi connectivity index (χ3n) is 2.66. The van der Waals surface area contributed by atoms with Crippen LogP contribution in [0.25, 0.3) is 5.57 Å². The van der Waals surface area contributed by atoms with E-state index in [1.54, 1.807) is 12.1 Å². The first-order valence-corrected chi connectivity index (χ1v) is 6.48. The van der Waals surface area contributed by atoms with Crippen LogP contribution in [0.15, 0.2) is 41.3 Å². The number of allylic oxidation sites excluding steroid dienone is 4. The summed E-state index contributed by atoms with van der Waals surface area (Å²) in [4.78, 5) is 23.2. The van der Waals surface area contributed by atoms with Crippen molar-refractivity contribution in [3.8, 4) is 0 Å². The lowest BCUT2D eigenvalue weighted by molar-refractivity contribution is -0.133. The molecule has 1 aromatic carbocycles. The van der Waals surface area contributed by atoms with Gasteiger partial charge in [0.05, 0.1) is 10.7 Å². The topological polar surface area (TPSA) is 54.4 Å². The van der Waals surface area contributed by atoms with E-state index in [1.165, 1.54) is 0 Å². The van der Waals surface area contributed by atoms with Crippen LogP contribution in [0, 0.1) is 0 Å². The van der Waals surface area contributed by atoms with Crippen LogP contribution in [-0.2, 0) is 4.79 Å². The Kier molecular flexibility index (Phi) is 3.67. The zero-order valence-corrected chi connectivity index (χ0v) is 10.7. The second-order valence-electron chi connectivity index (χ2n) is 3.81. The lowest BCUT2D eigenvalue weighted by Gasteiger charge is -2.17. The Morgan fingerprint density at radius 1 is 1.33 bits per heavy atom. The predicted molar refractivity (Wildman–Crippen MR) is 72.6 cm³/mol. The second kappa shape index (κ2) is 5.23. The molecule has 0 amide bonds. The third kappa shape index (κ3) is 2.38. The maximum Gasteiger partial charge on any atom is 0.313 e. The number of carboxylic acids is 1. The van der Waals surface area contributed by atoms with Gasteiger partial charge in [0, 0.05) is 5.56 Å². The van der Waals surface area contributed by atoms with Crippen LogP contribution in [0.1, 0.15) is 22.8 Å². The fourth-order valence-electron chi connectivity index (χ4n) is 1.84. The van der Waals surface area contributed by atoms with Gasteiger partial charge in [0.1, 0.15) is 0 Å². The standard InChI is InChI=1S/C14H12O3S/c1-2-9-7-12(18-8-13(15)16)14(17)11-6-4-3-5-10(9)11/h2-7H,8H2,1H3,(H,15,16). The van der Waals surface area contributed by atoms with Gasteiger partial charge in [0.2, 0.25) is 0 Å². The zero-order chi connectivity index (χ0) is 13.1. The second-order valence-corrected chi connectivity index (χ2v) is 4.83. The first-order valence-electron chi connectivity index (χ1n) is 5.50. The van der Waals surface area contributed by atoms with Crippen LogP contribution in [0.3, 0.4) is 0 Å². The average Bonchev–Trinajstić information content (AvgIpc) is 2.38. The summed E-state index contributed by atoms with van der Waals surface area (Å²) >= 11 is 1.07. The highest BCUT2D eigenvalue weighted by Gasteiger charge is 2.23. The van der Waals surface area contributed by atoms with E-state index in [0.717, 1.165) is 22.9 Å². The highest BCUT2D eigenvalue weighted by molar-refractivity contribution is 8.04. The molecule has 18 heavy (non-hydrogen) atoms. The monoisotopic (exact) mass is 260 g/mol. The van der Waals surface area contributed by atoms with Crippen LogP contribution in [0.2, 0.25) is 0 Å². The van der Waals surface area contributed by atoms with E-state index >= 15 is 0 Å². The number of hydrogen-bond donors (Lipinski definition) is 1. The Morgan fingerprint density at radius 2 is 2.00 bits per heavy atom.